The van der Waals surface area contributed by atoms with Crippen LogP contribution in [0.15, 0.2) is 6.07 Å². The normalized spacial score (nSPS) is 10.9. The van der Waals surface area contributed by atoms with Crippen LogP contribution in [0.5, 0.6) is 0 Å². The summed E-state index contributed by atoms with van der Waals surface area (Å²) in [6.45, 7) is 0. The van der Waals surface area contributed by atoms with Gasteiger partial charge in [-0.05, 0) is 0 Å². The highest BCUT2D eigenvalue weighted by Crippen LogP contribution is 2.24. The maximum Gasteiger partial charge on any atom is 0.203 e. The summed E-state index contributed by atoms with van der Waals surface area (Å²) in [7, 11) is 3.78. The molecule has 0 radical (unpaired) electrons. The maximum absolute atomic E-state index is 5.88. The first-order valence-corrected chi connectivity index (χ1v) is 4.72. The van der Waals surface area contributed by atoms with Crippen molar-refractivity contribution in [2.45, 2.75) is 0 Å². The Labute approximate surface area is 90.9 Å². The number of aromatic nitrogens is 3. The molecule has 0 aromatic carbocycles. The second kappa shape index (κ2) is 3.29. The zero-order valence-electron chi connectivity index (χ0n) is 7.67. The Bertz CT molecular complexity index is 477. The van der Waals surface area contributed by atoms with Crippen LogP contribution in [0.2, 0.25) is 10.3 Å². The van der Waals surface area contributed by atoms with E-state index in [9.17, 15) is 0 Å². The minimum atomic E-state index is 0.317. The van der Waals surface area contributed by atoms with Crippen LogP contribution in [0, 0.1) is 0 Å². The molecular formula is C8H8Cl2N4. The number of nitrogens with one attached hydrogen (secondary N) is 1. The Kier molecular flexibility index (Phi) is 2.25. The summed E-state index contributed by atoms with van der Waals surface area (Å²) in [5, 5.41) is 0.674. The Balaban J connectivity index is 2.70. The van der Waals surface area contributed by atoms with Crippen molar-refractivity contribution in [1.82, 2.24) is 15.0 Å². The Hall–Kier alpha value is -1.00. The highest BCUT2D eigenvalue weighted by molar-refractivity contribution is 6.36. The van der Waals surface area contributed by atoms with E-state index in [1.165, 1.54) is 0 Å². The number of rotatable bonds is 1. The molecule has 0 saturated carbocycles. The average molecular weight is 231 g/mol. The third kappa shape index (κ3) is 1.51. The van der Waals surface area contributed by atoms with Crippen molar-refractivity contribution < 1.29 is 0 Å². The van der Waals surface area contributed by atoms with Gasteiger partial charge in [-0.2, -0.15) is 0 Å². The first-order valence-electron chi connectivity index (χ1n) is 3.97. The highest BCUT2D eigenvalue weighted by atomic mass is 35.5. The molecule has 0 amide bonds. The van der Waals surface area contributed by atoms with Gasteiger partial charge in [0.25, 0.3) is 0 Å². The standard InChI is InChI=1S/C8H8Cl2N4/c1-14(2)8-11-4-3-5(9)12-7(10)6(4)13-8/h3H,1-2H3,(H,11,13). The van der Waals surface area contributed by atoms with Crippen LogP contribution >= 0.6 is 23.2 Å². The van der Waals surface area contributed by atoms with Crippen LogP contribution in [-0.4, -0.2) is 29.0 Å². The zero-order chi connectivity index (χ0) is 10.3. The molecule has 2 aromatic rings. The Morgan fingerprint density at radius 2 is 2.00 bits per heavy atom. The summed E-state index contributed by atoms with van der Waals surface area (Å²) in [6, 6.07) is 1.70. The lowest BCUT2D eigenvalue weighted by Crippen LogP contribution is -2.09. The molecule has 0 aliphatic heterocycles. The number of aromatic amines is 1. The third-order valence-corrected chi connectivity index (χ3v) is 2.26. The molecule has 1 N–H and O–H groups in total. The van der Waals surface area contributed by atoms with Crippen LogP contribution in [0.4, 0.5) is 5.95 Å². The highest BCUT2D eigenvalue weighted by Gasteiger charge is 2.09. The summed E-state index contributed by atoms with van der Waals surface area (Å²) in [6.07, 6.45) is 0. The Morgan fingerprint density at radius 3 is 2.64 bits per heavy atom. The van der Waals surface area contributed by atoms with Crippen LogP contribution < -0.4 is 4.90 Å². The molecule has 0 unspecified atom stereocenters. The fraction of sp³-hybridized carbons (Fsp3) is 0.250. The van der Waals surface area contributed by atoms with E-state index in [4.69, 9.17) is 23.2 Å². The molecule has 74 valence electrons. The zero-order valence-corrected chi connectivity index (χ0v) is 9.19. The van der Waals surface area contributed by atoms with Crippen molar-refractivity contribution >= 4 is 40.2 Å². The van der Waals surface area contributed by atoms with Crippen LogP contribution in [-0.2, 0) is 0 Å². The van der Waals surface area contributed by atoms with Crippen molar-refractivity contribution in [2.24, 2.45) is 0 Å². The van der Waals surface area contributed by atoms with Crippen molar-refractivity contribution in [3.63, 3.8) is 0 Å². The molecule has 0 atom stereocenters. The van der Waals surface area contributed by atoms with Gasteiger partial charge in [0.1, 0.15) is 10.7 Å². The third-order valence-electron chi connectivity index (χ3n) is 1.81. The van der Waals surface area contributed by atoms with E-state index >= 15 is 0 Å². The predicted octanol–water partition coefficient (Wildman–Crippen LogP) is 2.33. The van der Waals surface area contributed by atoms with Gasteiger partial charge in [-0.25, -0.2) is 9.97 Å². The summed E-state index contributed by atoms with van der Waals surface area (Å²) >= 11 is 11.6. The van der Waals surface area contributed by atoms with E-state index in [-0.39, 0.29) is 0 Å². The lowest BCUT2D eigenvalue weighted by Gasteiger charge is -2.05. The SMILES string of the molecule is CN(C)c1nc2c(Cl)nc(Cl)cc2[nH]1. The van der Waals surface area contributed by atoms with Crippen LogP contribution in [0.1, 0.15) is 0 Å². The second-order valence-corrected chi connectivity index (χ2v) is 3.83. The van der Waals surface area contributed by atoms with Crippen molar-refractivity contribution in [2.75, 3.05) is 19.0 Å². The van der Waals surface area contributed by atoms with Crippen LogP contribution in [0.3, 0.4) is 0 Å². The number of H-pyrrole nitrogens is 1. The van der Waals surface area contributed by atoms with Gasteiger partial charge in [0.15, 0.2) is 5.15 Å². The van der Waals surface area contributed by atoms with Gasteiger partial charge in [-0.1, -0.05) is 23.2 Å². The molecule has 0 bridgehead atoms. The van der Waals surface area contributed by atoms with Crippen molar-refractivity contribution in [3.8, 4) is 0 Å². The molecule has 2 aromatic heterocycles. The number of nitrogens with zero attached hydrogens (tertiary/aromatic N) is 3. The van der Waals surface area contributed by atoms with E-state index < -0.39 is 0 Å². The number of hydrogen-bond donors (Lipinski definition) is 1. The van der Waals surface area contributed by atoms with Crippen LogP contribution in [0.25, 0.3) is 11.0 Å². The first-order chi connectivity index (χ1) is 6.58. The fourth-order valence-corrected chi connectivity index (χ4v) is 1.62. The topological polar surface area (TPSA) is 44.8 Å². The molecule has 0 aliphatic rings. The van der Waals surface area contributed by atoms with E-state index in [1.807, 2.05) is 19.0 Å². The van der Waals surface area contributed by atoms with Gasteiger partial charge >= 0.3 is 0 Å². The largest absolute Gasteiger partial charge is 0.349 e. The summed E-state index contributed by atoms with van der Waals surface area (Å²) < 4.78 is 0. The summed E-state index contributed by atoms with van der Waals surface area (Å²) in [5.74, 6) is 0.728. The second-order valence-electron chi connectivity index (χ2n) is 3.09. The van der Waals surface area contributed by atoms with Gasteiger partial charge in [0, 0.05) is 20.2 Å². The molecule has 4 nitrogen and oxygen atoms in total. The molecule has 6 heteroatoms. The van der Waals surface area contributed by atoms with E-state index in [2.05, 4.69) is 15.0 Å². The number of pyridine rings is 1. The van der Waals surface area contributed by atoms with Gasteiger partial charge in [0.2, 0.25) is 5.95 Å². The minimum absolute atomic E-state index is 0.317. The van der Waals surface area contributed by atoms with E-state index in [1.54, 1.807) is 6.07 Å². The molecule has 2 heterocycles. The molecule has 2 rings (SSSR count). The number of imidazole rings is 1. The fourth-order valence-electron chi connectivity index (χ4n) is 1.15. The number of hydrogen-bond acceptors (Lipinski definition) is 3. The maximum atomic E-state index is 5.88. The molecule has 14 heavy (non-hydrogen) atoms. The number of fused-ring (bicyclic) bond motifs is 1. The number of halogens is 2. The molecule has 0 aliphatic carbocycles. The summed E-state index contributed by atoms with van der Waals surface area (Å²) in [5.41, 5.74) is 1.43. The molecule has 0 spiro atoms. The van der Waals surface area contributed by atoms with Gasteiger partial charge in [0.05, 0.1) is 5.52 Å². The Morgan fingerprint density at radius 1 is 1.29 bits per heavy atom. The smallest absolute Gasteiger partial charge is 0.203 e. The van der Waals surface area contributed by atoms with Gasteiger partial charge in [-0.3, -0.25) is 0 Å². The summed E-state index contributed by atoms with van der Waals surface area (Å²) in [4.78, 5) is 13.1. The monoisotopic (exact) mass is 230 g/mol. The average Bonchev–Trinajstić information content (AvgIpc) is 2.47. The molecule has 0 saturated heterocycles. The van der Waals surface area contributed by atoms with Crippen molar-refractivity contribution in [3.05, 3.63) is 16.4 Å². The quantitative estimate of drug-likeness (QED) is 0.766. The lowest BCUT2D eigenvalue weighted by atomic mass is 10.4. The predicted molar refractivity (Wildman–Crippen MR) is 58.2 cm³/mol. The van der Waals surface area contributed by atoms with Gasteiger partial charge in [-0.15, -0.1) is 0 Å². The lowest BCUT2D eigenvalue weighted by molar-refractivity contribution is 1.05. The van der Waals surface area contributed by atoms with Gasteiger partial charge < -0.3 is 9.88 Å². The minimum Gasteiger partial charge on any atom is -0.349 e. The molecule has 0 fully saturated rings. The number of anilines is 1. The molecular weight excluding hydrogens is 223 g/mol. The van der Waals surface area contributed by atoms with E-state index in [0.29, 0.717) is 15.8 Å². The van der Waals surface area contributed by atoms with E-state index in [0.717, 1.165) is 11.5 Å². The first kappa shape index (κ1) is 9.55. The van der Waals surface area contributed by atoms with Crippen molar-refractivity contribution in [1.29, 1.82) is 0 Å².